The van der Waals surface area contributed by atoms with Gasteiger partial charge in [0.1, 0.15) is 16.9 Å². The fourth-order valence-corrected chi connectivity index (χ4v) is 4.16. The number of nitrogens with one attached hydrogen (secondary N) is 1. The second-order valence-corrected chi connectivity index (χ2v) is 7.77. The first-order valence-corrected chi connectivity index (χ1v) is 10.5. The number of ether oxygens (including phenoxy) is 2. The van der Waals surface area contributed by atoms with Gasteiger partial charge in [-0.2, -0.15) is 0 Å². The van der Waals surface area contributed by atoms with Gasteiger partial charge in [0, 0.05) is 23.4 Å². The molecule has 0 bridgehead atoms. The number of carbonyl (C=O) groups is 2. The molecule has 0 atom stereocenters. The van der Waals surface area contributed by atoms with Crippen molar-refractivity contribution < 1.29 is 23.5 Å². The first-order valence-electron chi connectivity index (χ1n) is 10.5. The summed E-state index contributed by atoms with van der Waals surface area (Å²) < 4.78 is 15.8. The van der Waals surface area contributed by atoms with E-state index in [2.05, 4.69) is 5.32 Å². The fourth-order valence-electron chi connectivity index (χ4n) is 4.16. The Morgan fingerprint density at radius 1 is 1.20 bits per heavy atom. The van der Waals surface area contributed by atoms with Crippen molar-refractivity contribution >= 4 is 22.8 Å². The number of amides is 1. The zero-order valence-electron chi connectivity index (χ0n) is 17.8. The Kier molecular flexibility index (Phi) is 6.80. The number of aryl methyl sites for hydroxylation is 1. The number of benzene rings is 1. The lowest BCUT2D eigenvalue weighted by Crippen LogP contribution is -2.56. The number of fused-ring (bicyclic) bond motifs is 1. The quantitative estimate of drug-likeness (QED) is 0.550. The third kappa shape index (κ3) is 4.50. The average molecular weight is 415 g/mol. The van der Waals surface area contributed by atoms with Crippen molar-refractivity contribution in [2.45, 2.75) is 64.3 Å². The SMILES string of the molecule is CCOC(=O)C1(NC(=O)CCc2c(C)c3ccc(OC)cc3oc2=O)CCCCC1. The lowest BCUT2D eigenvalue weighted by molar-refractivity contribution is -0.155. The maximum Gasteiger partial charge on any atom is 0.339 e. The van der Waals surface area contributed by atoms with Crippen LogP contribution < -0.4 is 15.7 Å². The van der Waals surface area contributed by atoms with E-state index in [1.54, 1.807) is 26.2 Å². The molecule has 7 heteroatoms. The van der Waals surface area contributed by atoms with Crippen molar-refractivity contribution in [1.82, 2.24) is 5.32 Å². The van der Waals surface area contributed by atoms with Gasteiger partial charge in [0.05, 0.1) is 13.7 Å². The molecule has 1 aromatic carbocycles. The average Bonchev–Trinajstić information content (AvgIpc) is 2.74. The normalized spacial score (nSPS) is 15.6. The Hall–Kier alpha value is -2.83. The standard InChI is InChI=1S/C23H29NO6/c1-4-29-22(27)23(12-6-5-7-13-23)24-20(25)11-10-18-15(2)17-9-8-16(28-3)14-19(17)30-21(18)26/h8-9,14H,4-7,10-13H2,1-3H3,(H,24,25). The van der Waals surface area contributed by atoms with Crippen LogP contribution in [0.3, 0.4) is 0 Å². The van der Waals surface area contributed by atoms with E-state index in [9.17, 15) is 14.4 Å². The Labute approximate surface area is 175 Å². The monoisotopic (exact) mass is 415 g/mol. The maximum absolute atomic E-state index is 12.7. The van der Waals surface area contributed by atoms with Gasteiger partial charge in [0.15, 0.2) is 0 Å². The van der Waals surface area contributed by atoms with Gasteiger partial charge < -0.3 is 19.2 Å². The molecule has 0 spiro atoms. The van der Waals surface area contributed by atoms with E-state index in [1.165, 1.54) is 0 Å². The van der Waals surface area contributed by atoms with Crippen molar-refractivity contribution in [3.05, 3.63) is 39.7 Å². The molecular formula is C23H29NO6. The molecule has 0 saturated heterocycles. The second kappa shape index (κ2) is 9.32. The fraction of sp³-hybridized carbons (Fsp3) is 0.522. The summed E-state index contributed by atoms with van der Waals surface area (Å²) in [6.07, 6.45) is 4.27. The molecule has 0 radical (unpaired) electrons. The zero-order valence-corrected chi connectivity index (χ0v) is 17.8. The van der Waals surface area contributed by atoms with Gasteiger partial charge in [0.2, 0.25) is 5.91 Å². The molecule has 1 N–H and O–H groups in total. The molecule has 162 valence electrons. The lowest BCUT2D eigenvalue weighted by Gasteiger charge is -2.35. The summed E-state index contributed by atoms with van der Waals surface area (Å²) in [6, 6.07) is 5.32. The molecular weight excluding hydrogens is 386 g/mol. The first kappa shape index (κ1) is 21.9. The predicted octanol–water partition coefficient (Wildman–Crippen LogP) is 3.42. The molecule has 1 fully saturated rings. The highest BCUT2D eigenvalue weighted by Crippen LogP contribution is 2.30. The van der Waals surface area contributed by atoms with Crippen LogP contribution in [0.1, 0.15) is 56.6 Å². The highest BCUT2D eigenvalue weighted by molar-refractivity contribution is 5.88. The summed E-state index contributed by atoms with van der Waals surface area (Å²) >= 11 is 0. The molecule has 0 aliphatic heterocycles. The van der Waals surface area contributed by atoms with E-state index in [-0.39, 0.29) is 31.3 Å². The minimum atomic E-state index is -0.953. The Bertz CT molecular complexity index is 987. The van der Waals surface area contributed by atoms with Crippen LogP contribution in [0, 0.1) is 6.92 Å². The minimum Gasteiger partial charge on any atom is -0.497 e. The summed E-state index contributed by atoms with van der Waals surface area (Å²) in [5, 5.41) is 3.72. The number of esters is 1. The Morgan fingerprint density at radius 2 is 1.93 bits per heavy atom. The molecule has 30 heavy (non-hydrogen) atoms. The molecule has 2 aromatic rings. The highest BCUT2D eigenvalue weighted by Gasteiger charge is 2.42. The van der Waals surface area contributed by atoms with Crippen LogP contribution in [-0.4, -0.2) is 31.1 Å². The summed E-state index contributed by atoms with van der Waals surface area (Å²) in [6.45, 7) is 3.88. The summed E-state index contributed by atoms with van der Waals surface area (Å²) in [5.41, 5.74) is 0.295. The minimum absolute atomic E-state index is 0.0917. The highest BCUT2D eigenvalue weighted by atomic mass is 16.5. The molecule has 7 nitrogen and oxygen atoms in total. The van der Waals surface area contributed by atoms with Gasteiger partial charge in [0.25, 0.3) is 0 Å². The Balaban J connectivity index is 1.75. The smallest absolute Gasteiger partial charge is 0.339 e. The van der Waals surface area contributed by atoms with Crippen LogP contribution in [0.2, 0.25) is 0 Å². The number of carbonyl (C=O) groups excluding carboxylic acids is 2. The number of hydrogen-bond donors (Lipinski definition) is 1. The molecule has 1 aliphatic carbocycles. The molecule has 0 unspecified atom stereocenters. The van der Waals surface area contributed by atoms with Gasteiger partial charge in [-0.1, -0.05) is 19.3 Å². The molecule has 1 amide bonds. The van der Waals surface area contributed by atoms with Crippen molar-refractivity contribution in [3.8, 4) is 5.75 Å². The van der Waals surface area contributed by atoms with Crippen LogP contribution >= 0.6 is 0 Å². The van der Waals surface area contributed by atoms with Crippen LogP contribution in [0.15, 0.2) is 27.4 Å². The van der Waals surface area contributed by atoms with Crippen LogP contribution in [0.25, 0.3) is 11.0 Å². The van der Waals surface area contributed by atoms with Crippen molar-refractivity contribution in [2.24, 2.45) is 0 Å². The van der Waals surface area contributed by atoms with Gasteiger partial charge in [-0.25, -0.2) is 9.59 Å². The van der Waals surface area contributed by atoms with Crippen LogP contribution in [0.4, 0.5) is 0 Å². The zero-order chi connectivity index (χ0) is 21.7. The van der Waals surface area contributed by atoms with E-state index >= 15 is 0 Å². The third-order valence-electron chi connectivity index (χ3n) is 5.85. The van der Waals surface area contributed by atoms with Crippen LogP contribution in [-0.2, 0) is 20.7 Å². The van der Waals surface area contributed by atoms with Gasteiger partial charge in [-0.3, -0.25) is 4.79 Å². The van der Waals surface area contributed by atoms with Gasteiger partial charge in [-0.05, 0) is 50.8 Å². The summed E-state index contributed by atoms with van der Waals surface area (Å²) in [4.78, 5) is 37.7. The topological polar surface area (TPSA) is 94.8 Å². The predicted molar refractivity (Wildman–Crippen MR) is 113 cm³/mol. The first-order chi connectivity index (χ1) is 14.4. The number of methoxy groups -OCH3 is 1. The van der Waals surface area contributed by atoms with Gasteiger partial charge in [-0.15, -0.1) is 0 Å². The van der Waals surface area contributed by atoms with E-state index in [0.29, 0.717) is 29.7 Å². The molecule has 1 heterocycles. The van der Waals surface area contributed by atoms with Gasteiger partial charge >= 0.3 is 11.6 Å². The maximum atomic E-state index is 12.7. The molecule has 1 aromatic heterocycles. The largest absolute Gasteiger partial charge is 0.497 e. The lowest BCUT2D eigenvalue weighted by atomic mass is 9.81. The van der Waals surface area contributed by atoms with Crippen molar-refractivity contribution in [2.75, 3.05) is 13.7 Å². The van der Waals surface area contributed by atoms with E-state index in [4.69, 9.17) is 13.9 Å². The van der Waals surface area contributed by atoms with E-state index in [0.717, 1.165) is 30.2 Å². The van der Waals surface area contributed by atoms with Crippen LogP contribution in [0.5, 0.6) is 5.75 Å². The summed E-state index contributed by atoms with van der Waals surface area (Å²) in [5.74, 6) is -0.0269. The molecule has 1 aliphatic rings. The summed E-state index contributed by atoms with van der Waals surface area (Å²) in [7, 11) is 1.55. The van der Waals surface area contributed by atoms with Crippen molar-refractivity contribution in [3.63, 3.8) is 0 Å². The molecule has 1 saturated carbocycles. The number of rotatable bonds is 7. The van der Waals surface area contributed by atoms with E-state index in [1.807, 2.05) is 13.0 Å². The molecule has 3 rings (SSSR count). The number of hydrogen-bond acceptors (Lipinski definition) is 6. The Morgan fingerprint density at radius 3 is 2.60 bits per heavy atom. The second-order valence-electron chi connectivity index (χ2n) is 7.77. The van der Waals surface area contributed by atoms with Crippen molar-refractivity contribution in [1.29, 1.82) is 0 Å². The third-order valence-corrected chi connectivity index (χ3v) is 5.85. The van der Waals surface area contributed by atoms with E-state index < -0.39 is 11.2 Å².